The lowest BCUT2D eigenvalue weighted by Gasteiger charge is -2.29. The molecule has 0 saturated heterocycles. The number of rotatable bonds is 6. The summed E-state index contributed by atoms with van der Waals surface area (Å²) in [7, 11) is 0. The molecule has 0 spiro atoms. The molecule has 0 unspecified atom stereocenters. The minimum atomic E-state index is -0.0120. The molecule has 0 amide bonds. The second kappa shape index (κ2) is 14.6. The highest BCUT2D eigenvalue weighted by atomic mass is 16.3. The quantitative estimate of drug-likeness (QED) is 0.167. The van der Waals surface area contributed by atoms with Gasteiger partial charge in [-0.3, -0.25) is 0 Å². The standard InChI is InChI=1S/C60H49NO2/c1-59(2,3)41-33-40(34-42(36-41)60(4,5)6)45-24-14-17-38-18-15-26-51(57(38)45)47-21-7-10-28-53(47)61(44-31-32-50-48-22-8-11-29-54(48)62-56(50)37-44)43-20-13-19-39(35-43)46-25-16-27-52-49-23-9-12-30-55(49)63-58(46)52/h7-37H,1-6H3. The highest BCUT2D eigenvalue weighted by molar-refractivity contribution is 6.11. The summed E-state index contributed by atoms with van der Waals surface area (Å²) in [6.45, 7) is 13.9. The Hall–Kier alpha value is -7.36. The van der Waals surface area contributed by atoms with E-state index in [2.05, 4.69) is 210 Å². The van der Waals surface area contributed by atoms with E-state index in [0.717, 1.165) is 77.6 Å². The molecule has 0 fully saturated rings. The van der Waals surface area contributed by atoms with Gasteiger partial charge in [-0.05, 0) is 97.4 Å². The molecule has 0 aliphatic rings. The summed E-state index contributed by atoms with van der Waals surface area (Å²) in [5, 5.41) is 6.87. The summed E-state index contributed by atoms with van der Waals surface area (Å²) in [5.74, 6) is 0. The normalized spacial score (nSPS) is 12.3. The van der Waals surface area contributed by atoms with Crippen molar-refractivity contribution in [1.82, 2.24) is 0 Å². The van der Waals surface area contributed by atoms with Crippen LogP contribution in [-0.2, 0) is 10.8 Å². The summed E-state index contributed by atoms with van der Waals surface area (Å²) in [5.41, 5.74) is 16.1. The minimum Gasteiger partial charge on any atom is -0.456 e. The Balaban J connectivity index is 1.15. The molecule has 0 atom stereocenters. The first-order valence-electron chi connectivity index (χ1n) is 22.0. The third-order valence-corrected chi connectivity index (χ3v) is 12.8. The molecule has 11 aromatic rings. The number of benzene rings is 9. The Bertz CT molecular complexity index is 3510. The molecule has 3 heteroatoms. The molecule has 0 bridgehead atoms. The Morgan fingerprint density at radius 2 is 0.921 bits per heavy atom. The first kappa shape index (κ1) is 38.6. The predicted molar refractivity (Wildman–Crippen MR) is 267 cm³/mol. The van der Waals surface area contributed by atoms with Crippen molar-refractivity contribution in [3.63, 3.8) is 0 Å². The number of hydrogen-bond donors (Lipinski definition) is 0. The Labute approximate surface area is 368 Å². The predicted octanol–water partition coefficient (Wildman–Crippen LogP) is 17.7. The minimum absolute atomic E-state index is 0.0120. The van der Waals surface area contributed by atoms with Crippen molar-refractivity contribution in [2.75, 3.05) is 4.90 Å². The van der Waals surface area contributed by atoms with E-state index in [0.29, 0.717) is 0 Å². The molecular weight excluding hydrogens is 767 g/mol. The van der Waals surface area contributed by atoms with Crippen molar-refractivity contribution in [1.29, 1.82) is 0 Å². The molecule has 306 valence electrons. The summed E-state index contributed by atoms with van der Waals surface area (Å²) in [6.07, 6.45) is 0. The number of anilines is 3. The number of fused-ring (bicyclic) bond motifs is 7. The van der Waals surface area contributed by atoms with Gasteiger partial charge in [0.05, 0.1) is 5.69 Å². The molecule has 2 heterocycles. The molecule has 3 nitrogen and oxygen atoms in total. The number of hydrogen-bond acceptors (Lipinski definition) is 3. The molecule has 0 aliphatic heterocycles. The second-order valence-corrected chi connectivity index (χ2v) is 19.0. The summed E-state index contributed by atoms with van der Waals surface area (Å²) in [6, 6.07) is 68.1. The average molecular weight is 816 g/mol. The van der Waals surface area contributed by atoms with Gasteiger partial charge in [0, 0.05) is 50.1 Å². The molecular formula is C60H49NO2. The molecule has 2 aromatic heterocycles. The Kier molecular flexibility index (Phi) is 8.96. The van der Waals surface area contributed by atoms with Gasteiger partial charge in [0.1, 0.15) is 22.3 Å². The smallest absolute Gasteiger partial charge is 0.143 e. The third kappa shape index (κ3) is 6.67. The van der Waals surface area contributed by atoms with E-state index in [-0.39, 0.29) is 10.8 Å². The average Bonchev–Trinajstić information content (AvgIpc) is 3.87. The third-order valence-electron chi connectivity index (χ3n) is 12.8. The van der Waals surface area contributed by atoms with E-state index in [9.17, 15) is 0 Å². The van der Waals surface area contributed by atoms with Gasteiger partial charge < -0.3 is 13.7 Å². The fourth-order valence-electron chi connectivity index (χ4n) is 9.42. The van der Waals surface area contributed by atoms with Gasteiger partial charge in [-0.1, -0.05) is 181 Å². The van der Waals surface area contributed by atoms with Crippen LogP contribution in [0.3, 0.4) is 0 Å². The SMILES string of the molecule is CC(C)(C)c1cc(-c2cccc3cccc(-c4ccccc4N(c4cccc(-c5cccc6c5oc5ccccc56)c4)c4ccc5c(c4)oc4ccccc45)c23)cc(C(C)(C)C)c1. The van der Waals surface area contributed by atoms with Crippen LogP contribution in [0.1, 0.15) is 52.7 Å². The maximum Gasteiger partial charge on any atom is 0.143 e. The van der Waals surface area contributed by atoms with Crippen LogP contribution in [-0.4, -0.2) is 0 Å². The Morgan fingerprint density at radius 3 is 1.67 bits per heavy atom. The van der Waals surface area contributed by atoms with Gasteiger partial charge in [-0.15, -0.1) is 0 Å². The van der Waals surface area contributed by atoms with Gasteiger partial charge >= 0.3 is 0 Å². The van der Waals surface area contributed by atoms with Crippen LogP contribution in [0.25, 0.3) is 88.0 Å². The maximum atomic E-state index is 6.58. The summed E-state index contributed by atoms with van der Waals surface area (Å²) in [4.78, 5) is 2.39. The Morgan fingerprint density at radius 1 is 0.365 bits per heavy atom. The first-order chi connectivity index (χ1) is 30.5. The summed E-state index contributed by atoms with van der Waals surface area (Å²) >= 11 is 0. The van der Waals surface area contributed by atoms with E-state index >= 15 is 0 Å². The lowest BCUT2D eigenvalue weighted by atomic mass is 9.78. The molecule has 63 heavy (non-hydrogen) atoms. The van der Waals surface area contributed by atoms with Crippen molar-refractivity contribution in [2.45, 2.75) is 52.4 Å². The van der Waals surface area contributed by atoms with E-state index < -0.39 is 0 Å². The van der Waals surface area contributed by atoms with Crippen molar-refractivity contribution in [3.05, 3.63) is 199 Å². The van der Waals surface area contributed by atoms with Crippen LogP contribution >= 0.6 is 0 Å². The van der Waals surface area contributed by atoms with Crippen LogP contribution in [0, 0.1) is 0 Å². The van der Waals surface area contributed by atoms with Gasteiger partial charge in [-0.25, -0.2) is 0 Å². The molecule has 9 aromatic carbocycles. The van der Waals surface area contributed by atoms with E-state index in [4.69, 9.17) is 8.83 Å². The number of para-hydroxylation sites is 4. The number of furan rings is 2. The monoisotopic (exact) mass is 815 g/mol. The van der Waals surface area contributed by atoms with Gasteiger partial charge in [0.15, 0.2) is 0 Å². The molecule has 0 N–H and O–H groups in total. The van der Waals surface area contributed by atoms with E-state index in [1.165, 1.54) is 38.6 Å². The largest absolute Gasteiger partial charge is 0.456 e. The van der Waals surface area contributed by atoms with Crippen LogP contribution < -0.4 is 4.90 Å². The number of nitrogens with zero attached hydrogens (tertiary/aromatic N) is 1. The zero-order chi connectivity index (χ0) is 43.0. The highest BCUT2D eigenvalue weighted by Crippen LogP contribution is 2.47. The van der Waals surface area contributed by atoms with Gasteiger partial charge in [-0.2, -0.15) is 0 Å². The fraction of sp³-hybridized carbons (Fsp3) is 0.133. The highest BCUT2D eigenvalue weighted by Gasteiger charge is 2.25. The zero-order valence-electron chi connectivity index (χ0n) is 36.7. The van der Waals surface area contributed by atoms with E-state index in [1.54, 1.807) is 0 Å². The molecule has 0 radical (unpaired) electrons. The van der Waals surface area contributed by atoms with Crippen molar-refractivity contribution in [3.8, 4) is 33.4 Å². The van der Waals surface area contributed by atoms with Gasteiger partial charge in [0.25, 0.3) is 0 Å². The van der Waals surface area contributed by atoms with E-state index in [1.807, 2.05) is 24.3 Å². The van der Waals surface area contributed by atoms with Crippen molar-refractivity contribution in [2.24, 2.45) is 0 Å². The lowest BCUT2D eigenvalue weighted by Crippen LogP contribution is -2.16. The van der Waals surface area contributed by atoms with Crippen LogP contribution in [0.15, 0.2) is 197 Å². The van der Waals surface area contributed by atoms with Crippen LogP contribution in [0.4, 0.5) is 17.1 Å². The second-order valence-electron chi connectivity index (χ2n) is 19.0. The van der Waals surface area contributed by atoms with Crippen LogP contribution in [0.5, 0.6) is 0 Å². The first-order valence-corrected chi connectivity index (χ1v) is 22.0. The van der Waals surface area contributed by atoms with Gasteiger partial charge in [0.2, 0.25) is 0 Å². The van der Waals surface area contributed by atoms with Crippen LogP contribution in [0.2, 0.25) is 0 Å². The zero-order valence-corrected chi connectivity index (χ0v) is 36.7. The fourth-order valence-corrected chi connectivity index (χ4v) is 9.42. The summed E-state index contributed by atoms with van der Waals surface area (Å²) < 4.78 is 13.1. The maximum absolute atomic E-state index is 6.58. The molecule has 11 rings (SSSR count). The topological polar surface area (TPSA) is 29.5 Å². The lowest BCUT2D eigenvalue weighted by molar-refractivity contribution is 0.569. The van der Waals surface area contributed by atoms with Crippen molar-refractivity contribution >= 4 is 71.7 Å². The van der Waals surface area contributed by atoms with Crippen molar-refractivity contribution < 1.29 is 8.83 Å². The molecule has 0 saturated carbocycles. The molecule has 0 aliphatic carbocycles.